The Labute approximate surface area is 169 Å². The van der Waals surface area contributed by atoms with Gasteiger partial charge in [0.25, 0.3) is 5.91 Å². The predicted octanol–water partition coefficient (Wildman–Crippen LogP) is 2.94. The van der Waals surface area contributed by atoms with Gasteiger partial charge in [-0.1, -0.05) is 6.07 Å². The van der Waals surface area contributed by atoms with Crippen LogP contribution < -0.4 is 16.0 Å². The van der Waals surface area contributed by atoms with Crippen molar-refractivity contribution < 1.29 is 4.79 Å². The Morgan fingerprint density at radius 3 is 2.79 bits per heavy atom. The molecule has 24 heavy (non-hydrogen) atoms. The van der Waals surface area contributed by atoms with Crippen molar-refractivity contribution in [1.82, 2.24) is 16.0 Å². The molecule has 0 aliphatic heterocycles. The second kappa shape index (κ2) is 12.0. The number of hydrogen-bond acceptors (Lipinski definition) is 4. The zero-order valence-electron chi connectivity index (χ0n) is 14.2. The zero-order chi connectivity index (χ0) is 16.5. The van der Waals surface area contributed by atoms with E-state index in [1.807, 2.05) is 29.3 Å². The van der Waals surface area contributed by atoms with E-state index in [4.69, 9.17) is 0 Å². The fourth-order valence-corrected chi connectivity index (χ4v) is 4.10. The fraction of sp³-hybridized carbons (Fsp3) is 0.625. The third-order valence-electron chi connectivity index (χ3n) is 3.96. The summed E-state index contributed by atoms with van der Waals surface area (Å²) in [5, 5.41) is 12.4. The third kappa shape index (κ3) is 7.18. The van der Waals surface area contributed by atoms with Crippen molar-refractivity contribution in [1.29, 1.82) is 0 Å². The minimum absolute atomic E-state index is 0. The number of nitrogens with one attached hydrogen (secondary N) is 3. The first-order chi connectivity index (χ1) is 11.2. The predicted molar refractivity (Wildman–Crippen MR) is 116 cm³/mol. The van der Waals surface area contributed by atoms with Crippen LogP contribution in [-0.2, 0) is 0 Å². The maximum absolute atomic E-state index is 11.8. The van der Waals surface area contributed by atoms with Gasteiger partial charge < -0.3 is 16.0 Å². The first kappa shape index (κ1) is 21.6. The van der Waals surface area contributed by atoms with Crippen LogP contribution in [0.2, 0.25) is 0 Å². The Hall–Kier alpha value is -0.480. The summed E-state index contributed by atoms with van der Waals surface area (Å²) in [4.78, 5) is 16.8. The molecule has 2 atom stereocenters. The highest BCUT2D eigenvalue weighted by Crippen LogP contribution is 2.27. The molecule has 5 nitrogen and oxygen atoms in total. The Kier molecular flexibility index (Phi) is 10.8. The maximum atomic E-state index is 11.8. The Balaban J connectivity index is 0.00000288. The smallest absolute Gasteiger partial charge is 0.261 e. The number of amides is 1. The minimum atomic E-state index is 0. The van der Waals surface area contributed by atoms with Gasteiger partial charge in [-0.15, -0.1) is 35.3 Å². The summed E-state index contributed by atoms with van der Waals surface area (Å²) >= 11 is 3.42. The van der Waals surface area contributed by atoms with E-state index in [9.17, 15) is 4.79 Å². The monoisotopic (exact) mass is 482 g/mol. The lowest BCUT2D eigenvalue weighted by atomic mass is 10.2. The van der Waals surface area contributed by atoms with Gasteiger partial charge in [0, 0.05) is 31.4 Å². The average molecular weight is 482 g/mol. The molecule has 1 aliphatic carbocycles. The van der Waals surface area contributed by atoms with Gasteiger partial charge in [0.2, 0.25) is 0 Å². The van der Waals surface area contributed by atoms with E-state index in [1.54, 1.807) is 7.05 Å². The molecule has 1 aliphatic rings. The lowest BCUT2D eigenvalue weighted by Gasteiger charge is -2.17. The zero-order valence-corrected chi connectivity index (χ0v) is 18.2. The summed E-state index contributed by atoms with van der Waals surface area (Å²) in [7, 11) is 1.80. The van der Waals surface area contributed by atoms with E-state index in [1.165, 1.54) is 30.6 Å². The standard InChI is InChI=1S/C16H26N4OS2.HI/c1-17-16(20-12-6-7-13(11-12)22-2)19-9-4-8-18-15(21)14-5-3-10-23-14;/h3,5,10,12-13H,4,6-9,11H2,1-2H3,(H,18,21)(H2,17,19,20);1H. The molecule has 1 aromatic rings. The number of aliphatic imine (C=N–C) groups is 1. The summed E-state index contributed by atoms with van der Waals surface area (Å²) in [6.07, 6.45) is 6.76. The van der Waals surface area contributed by atoms with Gasteiger partial charge in [-0.3, -0.25) is 9.79 Å². The molecule has 0 bridgehead atoms. The molecule has 2 unspecified atom stereocenters. The van der Waals surface area contributed by atoms with Gasteiger partial charge in [0.1, 0.15) is 0 Å². The van der Waals surface area contributed by atoms with Crippen LogP contribution in [0.5, 0.6) is 0 Å². The van der Waals surface area contributed by atoms with Crippen LogP contribution in [0.25, 0.3) is 0 Å². The Morgan fingerprint density at radius 1 is 1.38 bits per heavy atom. The number of thioether (sulfide) groups is 1. The number of carbonyl (C=O) groups is 1. The summed E-state index contributed by atoms with van der Waals surface area (Å²) < 4.78 is 0. The van der Waals surface area contributed by atoms with Crippen LogP contribution in [0.1, 0.15) is 35.4 Å². The van der Waals surface area contributed by atoms with E-state index >= 15 is 0 Å². The van der Waals surface area contributed by atoms with Gasteiger partial charge in [0.05, 0.1) is 4.88 Å². The summed E-state index contributed by atoms with van der Waals surface area (Å²) in [6.45, 7) is 1.46. The van der Waals surface area contributed by atoms with Crippen molar-refractivity contribution in [2.24, 2.45) is 4.99 Å². The molecule has 136 valence electrons. The molecule has 1 saturated carbocycles. The van der Waals surface area contributed by atoms with E-state index < -0.39 is 0 Å². The van der Waals surface area contributed by atoms with Gasteiger partial charge in [-0.2, -0.15) is 11.8 Å². The molecule has 0 spiro atoms. The van der Waals surface area contributed by atoms with Crippen molar-refractivity contribution in [3.63, 3.8) is 0 Å². The first-order valence-electron chi connectivity index (χ1n) is 8.04. The molecular weight excluding hydrogens is 455 g/mol. The van der Waals surface area contributed by atoms with Crippen LogP contribution in [0.3, 0.4) is 0 Å². The van der Waals surface area contributed by atoms with Crippen LogP contribution in [-0.4, -0.2) is 49.6 Å². The molecule has 0 radical (unpaired) electrons. The van der Waals surface area contributed by atoms with Crippen molar-refractivity contribution in [2.45, 2.75) is 37.0 Å². The lowest BCUT2D eigenvalue weighted by Crippen LogP contribution is -2.43. The number of hydrogen-bond donors (Lipinski definition) is 3. The molecule has 0 saturated heterocycles. The van der Waals surface area contributed by atoms with Crippen LogP contribution in [0, 0.1) is 0 Å². The van der Waals surface area contributed by atoms with E-state index in [2.05, 4.69) is 27.2 Å². The number of guanidine groups is 1. The third-order valence-corrected chi connectivity index (χ3v) is 5.92. The topological polar surface area (TPSA) is 65.5 Å². The van der Waals surface area contributed by atoms with E-state index in [0.717, 1.165) is 29.1 Å². The fourth-order valence-electron chi connectivity index (χ4n) is 2.67. The quantitative estimate of drug-likeness (QED) is 0.242. The summed E-state index contributed by atoms with van der Waals surface area (Å²) in [5.74, 6) is 0.873. The molecule has 1 heterocycles. The number of nitrogens with zero attached hydrogens (tertiary/aromatic N) is 1. The second-order valence-electron chi connectivity index (χ2n) is 5.60. The Morgan fingerprint density at radius 2 is 2.17 bits per heavy atom. The average Bonchev–Trinajstić information content (AvgIpc) is 3.24. The van der Waals surface area contributed by atoms with Crippen molar-refractivity contribution in [3.8, 4) is 0 Å². The van der Waals surface area contributed by atoms with Crippen LogP contribution in [0.4, 0.5) is 0 Å². The first-order valence-corrected chi connectivity index (χ1v) is 10.2. The van der Waals surface area contributed by atoms with Crippen molar-refractivity contribution in [3.05, 3.63) is 22.4 Å². The van der Waals surface area contributed by atoms with Gasteiger partial charge in [0.15, 0.2) is 5.96 Å². The van der Waals surface area contributed by atoms with Crippen molar-refractivity contribution in [2.75, 3.05) is 26.4 Å². The lowest BCUT2D eigenvalue weighted by molar-refractivity contribution is 0.0957. The van der Waals surface area contributed by atoms with Crippen LogP contribution in [0.15, 0.2) is 22.5 Å². The highest BCUT2D eigenvalue weighted by Gasteiger charge is 2.24. The molecule has 0 aromatic carbocycles. The molecule has 8 heteroatoms. The minimum Gasteiger partial charge on any atom is -0.356 e. The molecular formula is C16H27IN4OS2. The summed E-state index contributed by atoms with van der Waals surface area (Å²) in [5.41, 5.74) is 0. The summed E-state index contributed by atoms with van der Waals surface area (Å²) in [6, 6.07) is 4.26. The van der Waals surface area contributed by atoms with E-state index in [0.29, 0.717) is 12.6 Å². The second-order valence-corrected chi connectivity index (χ2v) is 7.68. The molecule has 1 aromatic heterocycles. The maximum Gasteiger partial charge on any atom is 0.261 e. The van der Waals surface area contributed by atoms with Crippen LogP contribution >= 0.6 is 47.1 Å². The Bertz CT molecular complexity index is 510. The largest absolute Gasteiger partial charge is 0.356 e. The number of rotatable bonds is 7. The molecule has 3 N–H and O–H groups in total. The number of carbonyl (C=O) groups excluding carboxylic acids is 1. The highest BCUT2D eigenvalue weighted by atomic mass is 127. The number of thiophene rings is 1. The van der Waals surface area contributed by atoms with Gasteiger partial charge in [-0.25, -0.2) is 0 Å². The van der Waals surface area contributed by atoms with E-state index in [-0.39, 0.29) is 29.9 Å². The molecule has 2 rings (SSSR count). The number of halogens is 1. The normalized spacial score (nSPS) is 20.3. The van der Waals surface area contributed by atoms with Crippen molar-refractivity contribution >= 4 is 58.9 Å². The van der Waals surface area contributed by atoms with Gasteiger partial charge >= 0.3 is 0 Å². The molecule has 1 amide bonds. The van der Waals surface area contributed by atoms with Gasteiger partial charge in [-0.05, 0) is 43.4 Å². The SMILES string of the molecule is CN=C(NCCCNC(=O)c1cccs1)NC1CCC(SC)C1.I. The molecule has 1 fully saturated rings. The highest BCUT2D eigenvalue weighted by molar-refractivity contribution is 14.0.